The summed E-state index contributed by atoms with van der Waals surface area (Å²) in [6, 6.07) is 0. The van der Waals surface area contributed by atoms with Gasteiger partial charge >= 0.3 is 0 Å². The van der Waals surface area contributed by atoms with Crippen LogP contribution in [0.2, 0.25) is 0 Å². The first-order chi connectivity index (χ1) is 4.52. The van der Waals surface area contributed by atoms with Crippen LogP contribution in [0.15, 0.2) is 0 Å². The summed E-state index contributed by atoms with van der Waals surface area (Å²) < 4.78 is 1.06. The number of rotatable bonds is 0. The molecule has 1 heterocycles. The second-order valence-corrected chi connectivity index (χ2v) is 4.08. The molecule has 0 aromatic heterocycles. The highest BCUT2D eigenvalue weighted by Crippen LogP contribution is 2.17. The minimum Gasteiger partial charge on any atom is -0.248 e. The van der Waals surface area contributed by atoms with Crippen molar-refractivity contribution in [3.05, 3.63) is 0 Å². The van der Waals surface area contributed by atoms with Gasteiger partial charge in [-0.15, -0.1) is 0 Å². The lowest BCUT2D eigenvalue weighted by Gasteiger charge is -2.43. The zero-order chi connectivity index (χ0) is 7.78. The molecule has 1 unspecified atom stereocenters. The Morgan fingerprint density at radius 2 is 2.00 bits per heavy atom. The van der Waals surface area contributed by atoms with Crippen molar-refractivity contribution in [3.8, 4) is 0 Å². The highest BCUT2D eigenvalue weighted by atomic mass is 15.7. The Hall–Kier alpha value is -0.0800. The molecule has 0 aromatic carbocycles. The molecule has 2 nitrogen and oxygen atoms in total. The number of hydrogen-bond donors (Lipinski definition) is 0. The van der Waals surface area contributed by atoms with Crippen molar-refractivity contribution in [1.29, 1.82) is 0 Å². The zero-order valence-electron chi connectivity index (χ0n) is 7.59. The van der Waals surface area contributed by atoms with Gasteiger partial charge in [-0.05, 0) is 5.92 Å². The molecular weight excluding hydrogens is 124 g/mol. The van der Waals surface area contributed by atoms with E-state index < -0.39 is 0 Å². The molecule has 0 bridgehead atoms. The van der Waals surface area contributed by atoms with E-state index in [1.54, 1.807) is 0 Å². The van der Waals surface area contributed by atoms with E-state index in [4.69, 9.17) is 0 Å². The summed E-state index contributed by atoms with van der Waals surface area (Å²) in [6.07, 6.45) is 1.37. The predicted octanol–water partition coefficient (Wildman–Crippen LogP) is 0.949. The topological polar surface area (TPSA) is 3.24 Å². The summed E-state index contributed by atoms with van der Waals surface area (Å²) >= 11 is 0. The first kappa shape index (κ1) is 8.02. The first-order valence-corrected chi connectivity index (χ1v) is 4.07. The second-order valence-electron chi connectivity index (χ2n) is 4.08. The number of hydrogen-bond acceptors (Lipinski definition) is 1. The van der Waals surface area contributed by atoms with Crippen molar-refractivity contribution < 1.29 is 4.59 Å². The summed E-state index contributed by atoms with van der Waals surface area (Å²) in [6.45, 7) is 4.86. The SMILES string of the molecule is CC1CC[N+](C)(C)N(C)C1. The van der Waals surface area contributed by atoms with Gasteiger partial charge in [0.05, 0.1) is 20.6 Å². The fourth-order valence-electron chi connectivity index (χ4n) is 1.47. The van der Waals surface area contributed by atoms with Crippen molar-refractivity contribution in [2.24, 2.45) is 5.92 Å². The van der Waals surface area contributed by atoms with Crippen LogP contribution in [0, 0.1) is 5.92 Å². The van der Waals surface area contributed by atoms with Gasteiger partial charge in [-0.2, -0.15) is 5.01 Å². The maximum atomic E-state index is 2.41. The van der Waals surface area contributed by atoms with Gasteiger partial charge in [0.1, 0.15) is 0 Å². The Morgan fingerprint density at radius 1 is 1.40 bits per heavy atom. The van der Waals surface area contributed by atoms with E-state index in [0.29, 0.717) is 0 Å². The van der Waals surface area contributed by atoms with Gasteiger partial charge in [-0.25, -0.2) is 4.59 Å². The fraction of sp³-hybridized carbons (Fsp3) is 1.00. The highest BCUT2D eigenvalue weighted by Gasteiger charge is 2.29. The van der Waals surface area contributed by atoms with Gasteiger partial charge < -0.3 is 0 Å². The molecule has 0 amide bonds. The van der Waals surface area contributed by atoms with Gasteiger partial charge in [-0.3, -0.25) is 0 Å². The van der Waals surface area contributed by atoms with Crippen LogP contribution in [0.1, 0.15) is 13.3 Å². The van der Waals surface area contributed by atoms with Crippen molar-refractivity contribution in [3.63, 3.8) is 0 Å². The van der Waals surface area contributed by atoms with E-state index in [1.165, 1.54) is 19.5 Å². The van der Waals surface area contributed by atoms with E-state index >= 15 is 0 Å². The summed E-state index contributed by atoms with van der Waals surface area (Å²) in [4.78, 5) is 0. The molecular formula is C8H19N2+. The van der Waals surface area contributed by atoms with Gasteiger partial charge in [0.15, 0.2) is 0 Å². The monoisotopic (exact) mass is 143 g/mol. The molecule has 0 saturated carbocycles. The van der Waals surface area contributed by atoms with E-state index in [9.17, 15) is 0 Å². The van der Waals surface area contributed by atoms with Gasteiger partial charge in [0.25, 0.3) is 0 Å². The van der Waals surface area contributed by atoms with E-state index in [-0.39, 0.29) is 0 Å². The largest absolute Gasteiger partial charge is 0.248 e. The quantitative estimate of drug-likeness (QED) is 0.456. The van der Waals surface area contributed by atoms with Crippen LogP contribution in [0.3, 0.4) is 0 Å². The van der Waals surface area contributed by atoms with Crippen LogP contribution in [-0.4, -0.2) is 43.8 Å². The molecule has 0 spiro atoms. The minimum absolute atomic E-state index is 0.885. The molecule has 1 atom stereocenters. The first-order valence-electron chi connectivity index (χ1n) is 4.07. The molecule has 60 valence electrons. The Bertz CT molecular complexity index is 120. The fourth-order valence-corrected chi connectivity index (χ4v) is 1.47. The normalized spacial score (nSPS) is 34.2. The van der Waals surface area contributed by atoms with Crippen molar-refractivity contribution in [1.82, 2.24) is 5.01 Å². The van der Waals surface area contributed by atoms with E-state index in [1.807, 2.05) is 0 Å². The average molecular weight is 143 g/mol. The lowest BCUT2D eigenvalue weighted by molar-refractivity contribution is -1.01. The second kappa shape index (κ2) is 2.51. The molecule has 2 heteroatoms. The van der Waals surface area contributed by atoms with Crippen LogP contribution < -0.4 is 0 Å². The van der Waals surface area contributed by atoms with Gasteiger partial charge in [0, 0.05) is 20.0 Å². The highest BCUT2D eigenvalue weighted by molar-refractivity contribution is 4.58. The maximum absolute atomic E-state index is 2.41. The number of nitrogens with zero attached hydrogens (tertiary/aromatic N) is 2. The third-order valence-electron chi connectivity index (χ3n) is 2.67. The van der Waals surface area contributed by atoms with Gasteiger partial charge in [0.2, 0.25) is 0 Å². The Balaban J connectivity index is 2.52. The average Bonchev–Trinajstić information content (AvgIpc) is 1.81. The summed E-state index contributed by atoms with van der Waals surface area (Å²) in [5.74, 6) is 0.885. The van der Waals surface area contributed by atoms with Crippen LogP contribution in [-0.2, 0) is 0 Å². The van der Waals surface area contributed by atoms with E-state index in [2.05, 4.69) is 33.1 Å². The molecule has 0 radical (unpaired) electrons. The lowest BCUT2D eigenvalue weighted by Crippen LogP contribution is -2.58. The van der Waals surface area contributed by atoms with Crippen LogP contribution in [0.5, 0.6) is 0 Å². The molecule has 1 aliphatic heterocycles. The molecule has 1 saturated heterocycles. The predicted molar refractivity (Wildman–Crippen MR) is 43.4 cm³/mol. The summed E-state index contributed by atoms with van der Waals surface area (Å²) in [5, 5.41) is 2.41. The molecule has 10 heavy (non-hydrogen) atoms. The lowest BCUT2D eigenvalue weighted by atomic mass is 10.1. The van der Waals surface area contributed by atoms with E-state index in [0.717, 1.165) is 10.5 Å². The molecule has 0 N–H and O–H groups in total. The van der Waals surface area contributed by atoms with Crippen molar-refractivity contribution >= 4 is 0 Å². The molecule has 1 rings (SSSR count). The van der Waals surface area contributed by atoms with Crippen LogP contribution in [0.25, 0.3) is 0 Å². The Labute approximate surface area is 64.0 Å². The minimum atomic E-state index is 0.885. The van der Waals surface area contributed by atoms with Crippen LogP contribution in [0.4, 0.5) is 0 Å². The smallest absolute Gasteiger partial charge is 0.0962 e. The molecule has 1 aliphatic rings. The Kier molecular flexibility index (Phi) is 2.02. The maximum Gasteiger partial charge on any atom is 0.0962 e. The molecule has 0 aromatic rings. The van der Waals surface area contributed by atoms with Crippen LogP contribution >= 0.6 is 0 Å². The Morgan fingerprint density at radius 3 is 2.40 bits per heavy atom. The summed E-state index contributed by atoms with van der Waals surface area (Å²) in [7, 11) is 6.74. The standard InChI is InChI=1S/C8H19N2/c1-8-5-6-10(3,4)9(2)7-8/h8H,5-7H2,1-4H3/q+1. The van der Waals surface area contributed by atoms with Crippen molar-refractivity contribution in [2.75, 3.05) is 34.2 Å². The van der Waals surface area contributed by atoms with Crippen molar-refractivity contribution in [2.45, 2.75) is 13.3 Å². The summed E-state index contributed by atoms with van der Waals surface area (Å²) in [5.41, 5.74) is 0. The number of quaternary nitrogens is 1. The molecule has 0 aliphatic carbocycles. The zero-order valence-corrected chi connectivity index (χ0v) is 7.59. The molecule has 1 fully saturated rings. The third-order valence-corrected chi connectivity index (χ3v) is 2.67. The third kappa shape index (κ3) is 1.50. The van der Waals surface area contributed by atoms with Gasteiger partial charge in [-0.1, -0.05) is 6.92 Å².